The second-order valence-corrected chi connectivity index (χ2v) is 7.12. The van der Waals surface area contributed by atoms with Gasteiger partial charge in [-0.15, -0.1) is 0 Å². The molecule has 0 bridgehead atoms. The highest BCUT2D eigenvalue weighted by Crippen LogP contribution is 2.20. The molecule has 0 radical (unpaired) electrons. The fraction of sp³-hybridized carbons (Fsp3) is 0.556. The van der Waals surface area contributed by atoms with Crippen molar-refractivity contribution in [3.63, 3.8) is 0 Å². The maximum atomic E-state index is 12.3. The molecule has 0 aliphatic carbocycles. The third-order valence-electron chi connectivity index (χ3n) is 4.54. The fourth-order valence-electron chi connectivity index (χ4n) is 3.22. The van der Waals surface area contributed by atoms with Crippen LogP contribution in [0, 0.1) is 5.92 Å². The quantitative estimate of drug-likeness (QED) is 0.870. The van der Waals surface area contributed by atoms with Crippen molar-refractivity contribution in [3.8, 4) is 0 Å². The van der Waals surface area contributed by atoms with E-state index in [1.807, 2.05) is 49.3 Å². The number of ether oxygens (including phenoxy) is 1. The minimum absolute atomic E-state index is 0.0222. The number of urea groups is 1. The molecule has 3 rings (SSSR count). The van der Waals surface area contributed by atoms with Gasteiger partial charge in [0.2, 0.25) is 0 Å². The van der Waals surface area contributed by atoms with Gasteiger partial charge in [-0.3, -0.25) is 0 Å². The molecule has 1 aromatic carbocycles. The number of amides is 3. The molecule has 7 heteroatoms. The van der Waals surface area contributed by atoms with Crippen LogP contribution in [0.5, 0.6) is 0 Å². The number of alkyl carbamates (subject to hydrolysis) is 1. The number of carbonyl (C=O) groups excluding carboxylic acids is 2. The lowest BCUT2D eigenvalue weighted by atomic mass is 10.00. The maximum Gasteiger partial charge on any atom is 0.407 e. The lowest BCUT2D eigenvalue weighted by Crippen LogP contribution is -2.66. The Labute approximate surface area is 148 Å². The summed E-state index contributed by atoms with van der Waals surface area (Å²) in [6, 6.07) is 9.61. The van der Waals surface area contributed by atoms with Gasteiger partial charge in [0.15, 0.2) is 0 Å². The molecule has 0 unspecified atom stereocenters. The van der Waals surface area contributed by atoms with Crippen LogP contribution < -0.4 is 5.32 Å². The van der Waals surface area contributed by atoms with Gasteiger partial charge in [0.1, 0.15) is 6.61 Å². The minimum atomic E-state index is -0.434. The Bertz CT molecular complexity index is 596. The van der Waals surface area contributed by atoms with Gasteiger partial charge in [0.05, 0.1) is 6.04 Å². The Balaban J connectivity index is 1.30. The summed E-state index contributed by atoms with van der Waals surface area (Å²) in [6.45, 7) is 4.02. The normalized spacial score (nSPS) is 17.9. The minimum Gasteiger partial charge on any atom is -0.445 e. The van der Waals surface area contributed by atoms with Crippen molar-refractivity contribution < 1.29 is 14.3 Å². The number of benzene rings is 1. The Kier molecular flexibility index (Phi) is 5.43. The lowest BCUT2D eigenvalue weighted by Gasteiger charge is -2.47. The van der Waals surface area contributed by atoms with Crippen LogP contribution in [0.15, 0.2) is 30.3 Å². The Hall–Kier alpha value is -2.28. The largest absolute Gasteiger partial charge is 0.445 e. The molecule has 1 aromatic rings. The van der Waals surface area contributed by atoms with E-state index < -0.39 is 6.09 Å². The van der Waals surface area contributed by atoms with Crippen LogP contribution in [0.2, 0.25) is 0 Å². The van der Waals surface area contributed by atoms with Crippen molar-refractivity contribution in [2.45, 2.75) is 12.6 Å². The summed E-state index contributed by atoms with van der Waals surface area (Å²) in [4.78, 5) is 29.9. The standard InChI is InChI=1S/C18H26N4O3/c1-20(2)8-15-9-21(10-15)18(24)22-11-16(12-22)19-17(23)25-13-14-6-4-3-5-7-14/h3-7,15-16H,8-13H2,1-2H3,(H,19,23). The first-order chi connectivity index (χ1) is 12.0. The van der Waals surface area contributed by atoms with E-state index >= 15 is 0 Å². The van der Waals surface area contributed by atoms with Crippen LogP contribution in [0.1, 0.15) is 5.56 Å². The molecule has 2 aliphatic heterocycles. The first-order valence-electron chi connectivity index (χ1n) is 8.67. The highest BCUT2D eigenvalue weighted by atomic mass is 16.5. The smallest absolute Gasteiger partial charge is 0.407 e. The molecule has 0 spiro atoms. The van der Waals surface area contributed by atoms with E-state index in [1.165, 1.54) is 0 Å². The van der Waals surface area contributed by atoms with Crippen LogP contribution in [0.3, 0.4) is 0 Å². The van der Waals surface area contributed by atoms with E-state index in [0.29, 0.717) is 19.0 Å². The molecule has 136 valence electrons. The summed E-state index contributed by atoms with van der Waals surface area (Å²) >= 11 is 0. The zero-order valence-corrected chi connectivity index (χ0v) is 14.9. The number of hydrogen-bond donors (Lipinski definition) is 1. The second kappa shape index (κ2) is 7.74. The molecule has 2 saturated heterocycles. The number of nitrogens with one attached hydrogen (secondary N) is 1. The molecule has 2 fully saturated rings. The van der Waals surface area contributed by atoms with Crippen LogP contribution in [0.25, 0.3) is 0 Å². The van der Waals surface area contributed by atoms with Crippen molar-refractivity contribution in [2.75, 3.05) is 46.8 Å². The van der Waals surface area contributed by atoms with E-state index in [-0.39, 0.29) is 18.7 Å². The summed E-state index contributed by atoms with van der Waals surface area (Å²) in [5.41, 5.74) is 0.952. The van der Waals surface area contributed by atoms with E-state index in [4.69, 9.17) is 4.74 Å². The van der Waals surface area contributed by atoms with Crippen molar-refractivity contribution in [3.05, 3.63) is 35.9 Å². The number of nitrogens with zero attached hydrogens (tertiary/aromatic N) is 3. The molecule has 2 aliphatic rings. The van der Waals surface area contributed by atoms with Gasteiger partial charge in [-0.1, -0.05) is 30.3 Å². The number of likely N-dealkylation sites (tertiary alicyclic amines) is 2. The zero-order chi connectivity index (χ0) is 17.8. The average Bonchev–Trinajstić information content (AvgIpc) is 2.52. The van der Waals surface area contributed by atoms with Crippen LogP contribution in [-0.2, 0) is 11.3 Å². The predicted molar refractivity (Wildman–Crippen MR) is 94.1 cm³/mol. The van der Waals surface area contributed by atoms with Gasteiger partial charge in [0, 0.05) is 38.6 Å². The molecule has 2 heterocycles. The molecule has 3 amide bonds. The number of carbonyl (C=O) groups is 2. The lowest BCUT2D eigenvalue weighted by molar-refractivity contribution is 0.0521. The fourth-order valence-corrected chi connectivity index (χ4v) is 3.22. The Morgan fingerprint density at radius 2 is 1.76 bits per heavy atom. The number of rotatable bonds is 5. The van der Waals surface area contributed by atoms with Crippen molar-refractivity contribution in [1.29, 1.82) is 0 Å². The van der Waals surface area contributed by atoms with E-state index in [2.05, 4.69) is 10.2 Å². The Morgan fingerprint density at radius 3 is 2.40 bits per heavy atom. The second-order valence-electron chi connectivity index (χ2n) is 7.12. The van der Waals surface area contributed by atoms with Crippen molar-refractivity contribution >= 4 is 12.1 Å². The van der Waals surface area contributed by atoms with Gasteiger partial charge in [-0.25, -0.2) is 9.59 Å². The number of hydrogen-bond acceptors (Lipinski definition) is 4. The van der Waals surface area contributed by atoms with Gasteiger partial charge in [-0.05, 0) is 19.7 Å². The van der Waals surface area contributed by atoms with Gasteiger partial charge < -0.3 is 24.8 Å². The third kappa shape index (κ3) is 4.63. The third-order valence-corrected chi connectivity index (χ3v) is 4.54. The molecule has 1 N–H and O–H groups in total. The van der Waals surface area contributed by atoms with Crippen LogP contribution in [-0.4, -0.2) is 79.7 Å². The Morgan fingerprint density at radius 1 is 1.12 bits per heavy atom. The highest BCUT2D eigenvalue weighted by Gasteiger charge is 2.39. The molecule has 0 aromatic heterocycles. The van der Waals surface area contributed by atoms with E-state index in [0.717, 1.165) is 25.2 Å². The predicted octanol–water partition coefficient (Wildman–Crippen LogP) is 1.21. The summed E-state index contributed by atoms with van der Waals surface area (Å²) in [6.07, 6.45) is -0.434. The molecular weight excluding hydrogens is 320 g/mol. The molecule has 25 heavy (non-hydrogen) atoms. The van der Waals surface area contributed by atoms with Crippen molar-refractivity contribution in [1.82, 2.24) is 20.0 Å². The van der Waals surface area contributed by atoms with Gasteiger partial charge in [-0.2, -0.15) is 0 Å². The van der Waals surface area contributed by atoms with Gasteiger partial charge in [0.25, 0.3) is 0 Å². The molecule has 0 atom stereocenters. The summed E-state index contributed by atoms with van der Waals surface area (Å²) < 4.78 is 5.19. The first kappa shape index (κ1) is 17.5. The van der Waals surface area contributed by atoms with E-state index in [1.54, 1.807) is 4.90 Å². The molecule has 7 nitrogen and oxygen atoms in total. The van der Waals surface area contributed by atoms with E-state index in [9.17, 15) is 9.59 Å². The highest BCUT2D eigenvalue weighted by molar-refractivity contribution is 5.77. The SMILES string of the molecule is CN(C)CC1CN(C(=O)N2CC(NC(=O)OCc3ccccc3)C2)C1. The van der Waals surface area contributed by atoms with Crippen LogP contribution in [0.4, 0.5) is 9.59 Å². The summed E-state index contributed by atoms with van der Waals surface area (Å²) in [5, 5.41) is 2.80. The van der Waals surface area contributed by atoms with Gasteiger partial charge >= 0.3 is 12.1 Å². The summed E-state index contributed by atoms with van der Waals surface area (Å²) in [5.74, 6) is 0.571. The maximum absolute atomic E-state index is 12.3. The van der Waals surface area contributed by atoms with Crippen LogP contribution >= 0.6 is 0 Å². The first-order valence-corrected chi connectivity index (χ1v) is 8.67. The molecule has 0 saturated carbocycles. The van der Waals surface area contributed by atoms with Crippen molar-refractivity contribution in [2.24, 2.45) is 5.92 Å². The molecular formula is C18H26N4O3. The summed E-state index contributed by atoms with van der Waals surface area (Å²) in [7, 11) is 4.10. The zero-order valence-electron chi connectivity index (χ0n) is 14.9. The topological polar surface area (TPSA) is 65.1 Å². The average molecular weight is 346 g/mol. The monoisotopic (exact) mass is 346 g/mol.